The summed E-state index contributed by atoms with van der Waals surface area (Å²) < 4.78 is 0. The van der Waals surface area contributed by atoms with Crippen LogP contribution < -0.4 is 10.6 Å². The van der Waals surface area contributed by atoms with Crippen LogP contribution in [0.25, 0.3) is 0 Å². The lowest BCUT2D eigenvalue weighted by Gasteiger charge is -2.21. The first-order chi connectivity index (χ1) is 10.8. The standard InChI is InChI=1S/C19H28N2O2/c1-6-14(5)20-17(22)19(10-11-19)18(23)21-16-13(4)8-7-9-15(16)12(2)3/h7-9,12,14H,6,10-11H2,1-5H3,(H,20,22)(H,21,23). The Morgan fingerprint density at radius 3 is 2.35 bits per heavy atom. The molecule has 0 aliphatic heterocycles. The molecule has 1 aliphatic carbocycles. The SMILES string of the molecule is CCC(C)NC(=O)C1(C(=O)Nc2c(C)cccc2C(C)C)CC1. The van der Waals surface area contributed by atoms with Crippen molar-refractivity contribution in [3.8, 4) is 0 Å². The lowest BCUT2D eigenvalue weighted by Crippen LogP contribution is -2.43. The van der Waals surface area contributed by atoms with Crippen LogP contribution in [-0.2, 0) is 9.59 Å². The van der Waals surface area contributed by atoms with Crippen molar-refractivity contribution in [3.63, 3.8) is 0 Å². The summed E-state index contributed by atoms with van der Waals surface area (Å²) in [4.78, 5) is 25.2. The van der Waals surface area contributed by atoms with E-state index in [0.29, 0.717) is 18.8 Å². The molecule has 1 unspecified atom stereocenters. The van der Waals surface area contributed by atoms with Gasteiger partial charge < -0.3 is 10.6 Å². The molecule has 126 valence electrons. The lowest BCUT2D eigenvalue weighted by atomic mass is 9.97. The van der Waals surface area contributed by atoms with E-state index in [2.05, 4.69) is 24.5 Å². The maximum atomic E-state index is 12.8. The maximum Gasteiger partial charge on any atom is 0.240 e. The largest absolute Gasteiger partial charge is 0.353 e. The molecule has 1 aromatic carbocycles. The number of aryl methyl sites for hydroxylation is 1. The molecule has 0 heterocycles. The van der Waals surface area contributed by atoms with Crippen molar-refractivity contribution >= 4 is 17.5 Å². The molecule has 1 aliphatic rings. The van der Waals surface area contributed by atoms with E-state index in [9.17, 15) is 9.59 Å². The normalized spacial score (nSPS) is 16.8. The topological polar surface area (TPSA) is 58.2 Å². The van der Waals surface area contributed by atoms with Gasteiger partial charge in [0.25, 0.3) is 0 Å². The highest BCUT2D eigenvalue weighted by Gasteiger charge is 2.56. The molecular formula is C19H28N2O2. The van der Waals surface area contributed by atoms with E-state index < -0.39 is 5.41 Å². The van der Waals surface area contributed by atoms with Crippen LogP contribution in [0.5, 0.6) is 0 Å². The molecule has 0 spiro atoms. The molecule has 2 amide bonds. The fourth-order valence-electron chi connectivity index (χ4n) is 2.72. The van der Waals surface area contributed by atoms with Gasteiger partial charge in [0.1, 0.15) is 5.41 Å². The second kappa shape index (κ2) is 6.73. The zero-order valence-electron chi connectivity index (χ0n) is 14.8. The van der Waals surface area contributed by atoms with Gasteiger partial charge in [-0.1, -0.05) is 39.0 Å². The Bertz CT molecular complexity index is 603. The fraction of sp³-hybridized carbons (Fsp3) is 0.579. The zero-order chi connectivity index (χ0) is 17.2. The average Bonchev–Trinajstić information content (AvgIpc) is 3.30. The van der Waals surface area contributed by atoms with Crippen molar-refractivity contribution in [2.75, 3.05) is 5.32 Å². The van der Waals surface area contributed by atoms with E-state index in [1.165, 1.54) is 0 Å². The second-order valence-corrected chi connectivity index (χ2v) is 7.01. The number of anilines is 1. The highest BCUT2D eigenvalue weighted by Crippen LogP contribution is 2.47. The van der Waals surface area contributed by atoms with Gasteiger partial charge in [-0.3, -0.25) is 9.59 Å². The van der Waals surface area contributed by atoms with E-state index in [1.54, 1.807) is 0 Å². The molecule has 1 saturated carbocycles. The molecule has 2 rings (SSSR count). The molecule has 0 aromatic heterocycles. The number of carbonyl (C=O) groups is 2. The number of hydrogen-bond acceptors (Lipinski definition) is 2. The van der Waals surface area contributed by atoms with Crippen LogP contribution in [0.4, 0.5) is 5.69 Å². The van der Waals surface area contributed by atoms with Crippen LogP contribution in [0.2, 0.25) is 0 Å². The van der Waals surface area contributed by atoms with Crippen molar-refractivity contribution in [2.45, 2.75) is 65.8 Å². The summed E-state index contributed by atoms with van der Waals surface area (Å²) in [7, 11) is 0. The number of benzene rings is 1. The van der Waals surface area contributed by atoms with Crippen LogP contribution in [0.1, 0.15) is 64.0 Å². The molecule has 4 nitrogen and oxygen atoms in total. The Kier molecular flexibility index (Phi) is 5.12. The van der Waals surface area contributed by atoms with Crippen LogP contribution in [0, 0.1) is 12.3 Å². The summed E-state index contributed by atoms with van der Waals surface area (Å²) in [6.45, 7) is 10.2. The minimum absolute atomic E-state index is 0.0949. The van der Waals surface area contributed by atoms with Crippen molar-refractivity contribution in [1.29, 1.82) is 0 Å². The van der Waals surface area contributed by atoms with Gasteiger partial charge in [-0.15, -0.1) is 0 Å². The number of nitrogens with one attached hydrogen (secondary N) is 2. The number of para-hydroxylation sites is 1. The van der Waals surface area contributed by atoms with Gasteiger partial charge in [-0.05, 0) is 50.2 Å². The zero-order valence-corrected chi connectivity index (χ0v) is 14.8. The number of rotatable bonds is 6. The molecule has 2 N–H and O–H groups in total. The molecule has 0 radical (unpaired) electrons. The summed E-state index contributed by atoms with van der Waals surface area (Å²) in [5, 5.41) is 5.99. The number of hydrogen-bond donors (Lipinski definition) is 2. The van der Waals surface area contributed by atoms with E-state index in [-0.39, 0.29) is 17.9 Å². The first-order valence-electron chi connectivity index (χ1n) is 8.53. The van der Waals surface area contributed by atoms with E-state index in [0.717, 1.165) is 23.2 Å². The Morgan fingerprint density at radius 1 is 1.17 bits per heavy atom. The molecule has 1 atom stereocenters. The minimum atomic E-state index is -0.875. The minimum Gasteiger partial charge on any atom is -0.353 e. The summed E-state index contributed by atoms with van der Waals surface area (Å²) in [5.74, 6) is 0.00725. The Balaban J connectivity index is 2.18. The molecular weight excluding hydrogens is 288 g/mol. The summed E-state index contributed by atoms with van der Waals surface area (Å²) in [5.41, 5.74) is 2.12. The van der Waals surface area contributed by atoms with Gasteiger partial charge in [0.05, 0.1) is 0 Å². The third-order valence-corrected chi connectivity index (χ3v) is 4.77. The first-order valence-corrected chi connectivity index (χ1v) is 8.53. The van der Waals surface area contributed by atoms with Gasteiger partial charge in [0, 0.05) is 11.7 Å². The molecule has 0 saturated heterocycles. The number of amides is 2. The Morgan fingerprint density at radius 2 is 1.83 bits per heavy atom. The van der Waals surface area contributed by atoms with Crippen LogP contribution in [-0.4, -0.2) is 17.9 Å². The molecule has 1 aromatic rings. The third kappa shape index (κ3) is 3.57. The Hall–Kier alpha value is -1.84. The average molecular weight is 316 g/mol. The van der Waals surface area contributed by atoms with E-state index in [1.807, 2.05) is 39.0 Å². The number of carbonyl (C=O) groups excluding carboxylic acids is 2. The van der Waals surface area contributed by atoms with Crippen molar-refractivity contribution in [3.05, 3.63) is 29.3 Å². The molecule has 23 heavy (non-hydrogen) atoms. The van der Waals surface area contributed by atoms with Gasteiger partial charge >= 0.3 is 0 Å². The predicted molar refractivity (Wildman–Crippen MR) is 93.5 cm³/mol. The van der Waals surface area contributed by atoms with Gasteiger partial charge in [0.15, 0.2) is 0 Å². The summed E-state index contributed by atoms with van der Waals surface area (Å²) in [6, 6.07) is 6.12. The Labute approximate surface area is 139 Å². The first kappa shape index (κ1) is 17.5. The van der Waals surface area contributed by atoms with Gasteiger partial charge in [-0.2, -0.15) is 0 Å². The molecule has 4 heteroatoms. The van der Waals surface area contributed by atoms with Crippen molar-refractivity contribution in [1.82, 2.24) is 5.32 Å². The summed E-state index contributed by atoms with van der Waals surface area (Å²) in [6.07, 6.45) is 2.12. The second-order valence-electron chi connectivity index (χ2n) is 7.01. The quantitative estimate of drug-likeness (QED) is 0.785. The summed E-state index contributed by atoms with van der Waals surface area (Å²) >= 11 is 0. The molecule has 1 fully saturated rings. The van der Waals surface area contributed by atoms with Crippen molar-refractivity contribution in [2.24, 2.45) is 5.41 Å². The smallest absolute Gasteiger partial charge is 0.240 e. The monoisotopic (exact) mass is 316 g/mol. The predicted octanol–water partition coefficient (Wildman–Crippen LogP) is 3.75. The van der Waals surface area contributed by atoms with E-state index in [4.69, 9.17) is 0 Å². The van der Waals surface area contributed by atoms with Crippen LogP contribution in [0.3, 0.4) is 0 Å². The van der Waals surface area contributed by atoms with Crippen LogP contribution >= 0.6 is 0 Å². The third-order valence-electron chi connectivity index (χ3n) is 4.77. The highest BCUT2D eigenvalue weighted by molar-refractivity contribution is 6.13. The highest BCUT2D eigenvalue weighted by atomic mass is 16.2. The van der Waals surface area contributed by atoms with Gasteiger partial charge in [0.2, 0.25) is 11.8 Å². The van der Waals surface area contributed by atoms with Crippen molar-refractivity contribution < 1.29 is 9.59 Å². The van der Waals surface area contributed by atoms with Crippen LogP contribution in [0.15, 0.2) is 18.2 Å². The fourth-order valence-corrected chi connectivity index (χ4v) is 2.72. The maximum absolute atomic E-state index is 12.8. The lowest BCUT2D eigenvalue weighted by molar-refractivity contribution is -0.134. The molecule has 0 bridgehead atoms. The van der Waals surface area contributed by atoms with E-state index >= 15 is 0 Å². The van der Waals surface area contributed by atoms with Gasteiger partial charge in [-0.25, -0.2) is 0 Å².